The first-order chi connectivity index (χ1) is 8.63. The largest absolute Gasteiger partial charge is 0.481 e. The Balaban J connectivity index is 2.97. The molecule has 0 heterocycles. The lowest BCUT2D eigenvalue weighted by atomic mass is 10.0. The van der Waals surface area contributed by atoms with Gasteiger partial charge in [-0.3, -0.25) is 4.79 Å². The molecule has 0 fully saturated rings. The van der Waals surface area contributed by atoms with Gasteiger partial charge in [0.25, 0.3) is 0 Å². The highest BCUT2D eigenvalue weighted by molar-refractivity contribution is 5.66. The monoisotopic (exact) mass is 258 g/mol. The second kappa shape index (κ2) is 12.9. The van der Waals surface area contributed by atoms with Crippen LogP contribution in [0.2, 0.25) is 0 Å². The van der Waals surface area contributed by atoms with Crippen molar-refractivity contribution in [3.8, 4) is 0 Å². The molecule has 2 N–H and O–H groups in total. The molecule has 0 aromatic heterocycles. The van der Waals surface area contributed by atoms with E-state index in [9.17, 15) is 4.79 Å². The molecule has 0 radical (unpaired) electrons. The number of hydrogen-bond donors (Lipinski definition) is 2. The Morgan fingerprint density at radius 2 is 1.22 bits per heavy atom. The number of aliphatic hydroxyl groups is 1. The number of carboxylic acids is 1. The van der Waals surface area contributed by atoms with Crippen LogP contribution in [0.25, 0.3) is 0 Å². The van der Waals surface area contributed by atoms with Gasteiger partial charge in [-0.05, 0) is 19.8 Å². The van der Waals surface area contributed by atoms with Crippen LogP contribution in [0.1, 0.15) is 84.0 Å². The second-order valence-electron chi connectivity index (χ2n) is 5.32. The maximum Gasteiger partial charge on any atom is 0.303 e. The fraction of sp³-hybridized carbons (Fsp3) is 0.933. The molecule has 0 aliphatic heterocycles. The standard InChI is InChI=1S/C15H30O3/c1-14(16)12-10-8-6-4-2-3-5-7-9-11-13-15(17)18/h14,16H,2-13H2,1H3,(H,17,18)/t14-/m0/s1. The minimum atomic E-state index is -0.674. The Morgan fingerprint density at radius 1 is 0.833 bits per heavy atom. The number of hydrogen-bond acceptors (Lipinski definition) is 2. The summed E-state index contributed by atoms with van der Waals surface area (Å²) in [6, 6.07) is 0. The van der Waals surface area contributed by atoms with Crippen molar-refractivity contribution < 1.29 is 15.0 Å². The van der Waals surface area contributed by atoms with E-state index in [4.69, 9.17) is 10.2 Å². The van der Waals surface area contributed by atoms with E-state index in [2.05, 4.69) is 0 Å². The summed E-state index contributed by atoms with van der Waals surface area (Å²) in [7, 11) is 0. The number of carbonyl (C=O) groups is 1. The maximum absolute atomic E-state index is 10.3. The molecule has 18 heavy (non-hydrogen) atoms. The van der Waals surface area contributed by atoms with Crippen molar-refractivity contribution in [1.29, 1.82) is 0 Å². The Kier molecular flexibility index (Phi) is 12.5. The molecule has 3 heteroatoms. The molecule has 1 atom stereocenters. The summed E-state index contributed by atoms with van der Waals surface area (Å²) in [6.07, 6.45) is 13.0. The molecule has 0 saturated heterocycles. The number of aliphatic carboxylic acids is 1. The number of aliphatic hydroxyl groups excluding tert-OH is 1. The molecule has 0 aromatic carbocycles. The van der Waals surface area contributed by atoms with E-state index in [0.29, 0.717) is 6.42 Å². The van der Waals surface area contributed by atoms with E-state index in [1.54, 1.807) is 0 Å². The van der Waals surface area contributed by atoms with Gasteiger partial charge in [0.2, 0.25) is 0 Å². The van der Waals surface area contributed by atoms with Crippen LogP contribution in [0.15, 0.2) is 0 Å². The molecular weight excluding hydrogens is 228 g/mol. The number of unbranched alkanes of at least 4 members (excludes halogenated alkanes) is 9. The van der Waals surface area contributed by atoms with Crippen molar-refractivity contribution in [3.05, 3.63) is 0 Å². The molecular formula is C15H30O3. The predicted molar refractivity (Wildman–Crippen MR) is 74.7 cm³/mol. The lowest BCUT2D eigenvalue weighted by Gasteiger charge is -2.04. The first-order valence-corrected chi connectivity index (χ1v) is 7.53. The van der Waals surface area contributed by atoms with Crippen molar-refractivity contribution in [2.75, 3.05) is 0 Å². The first kappa shape index (κ1) is 17.4. The number of rotatable bonds is 13. The molecule has 0 bridgehead atoms. The minimum absolute atomic E-state index is 0.143. The smallest absolute Gasteiger partial charge is 0.303 e. The van der Waals surface area contributed by atoms with Gasteiger partial charge >= 0.3 is 5.97 Å². The summed E-state index contributed by atoms with van der Waals surface area (Å²) < 4.78 is 0. The van der Waals surface area contributed by atoms with Gasteiger partial charge in [0.15, 0.2) is 0 Å². The summed E-state index contributed by atoms with van der Waals surface area (Å²) in [4.78, 5) is 10.3. The SMILES string of the molecule is C[C@H](O)CCCCCCCCCCCCC(=O)O. The molecule has 0 aliphatic rings. The van der Waals surface area contributed by atoms with E-state index in [-0.39, 0.29) is 6.10 Å². The average molecular weight is 258 g/mol. The van der Waals surface area contributed by atoms with Crippen molar-refractivity contribution >= 4 is 5.97 Å². The highest BCUT2D eigenvalue weighted by Gasteiger charge is 1.97. The predicted octanol–water partition coefficient (Wildman–Crippen LogP) is 4.13. The molecule has 0 saturated carbocycles. The van der Waals surface area contributed by atoms with Crippen LogP contribution in [0.4, 0.5) is 0 Å². The van der Waals surface area contributed by atoms with Crippen molar-refractivity contribution in [3.63, 3.8) is 0 Å². The van der Waals surface area contributed by atoms with E-state index in [0.717, 1.165) is 25.7 Å². The van der Waals surface area contributed by atoms with E-state index < -0.39 is 5.97 Å². The van der Waals surface area contributed by atoms with Crippen molar-refractivity contribution in [2.45, 2.75) is 90.1 Å². The second-order valence-corrected chi connectivity index (χ2v) is 5.32. The van der Waals surface area contributed by atoms with Crippen LogP contribution in [0.3, 0.4) is 0 Å². The summed E-state index contributed by atoms with van der Waals surface area (Å²) >= 11 is 0. The zero-order valence-electron chi connectivity index (χ0n) is 11.9. The van der Waals surface area contributed by atoms with Gasteiger partial charge in [0, 0.05) is 6.42 Å². The van der Waals surface area contributed by atoms with Gasteiger partial charge in [-0.25, -0.2) is 0 Å². The zero-order valence-corrected chi connectivity index (χ0v) is 11.9. The summed E-state index contributed by atoms with van der Waals surface area (Å²) in [5.41, 5.74) is 0. The van der Waals surface area contributed by atoms with Gasteiger partial charge in [0.1, 0.15) is 0 Å². The Labute approximate surface area is 112 Å². The lowest BCUT2D eigenvalue weighted by molar-refractivity contribution is -0.137. The third-order valence-electron chi connectivity index (χ3n) is 3.26. The normalized spacial score (nSPS) is 12.6. The van der Waals surface area contributed by atoms with E-state index in [1.165, 1.54) is 44.9 Å². The molecule has 0 aromatic rings. The fourth-order valence-corrected chi connectivity index (χ4v) is 2.13. The molecule has 0 aliphatic carbocycles. The summed E-state index contributed by atoms with van der Waals surface area (Å²) in [5.74, 6) is -0.674. The third-order valence-corrected chi connectivity index (χ3v) is 3.26. The van der Waals surface area contributed by atoms with Gasteiger partial charge in [-0.1, -0.05) is 57.8 Å². The zero-order chi connectivity index (χ0) is 13.6. The molecule has 0 amide bonds. The number of carboxylic acid groups (broad SMARTS) is 1. The highest BCUT2D eigenvalue weighted by atomic mass is 16.4. The molecule has 0 rings (SSSR count). The quantitative estimate of drug-likeness (QED) is 0.488. The van der Waals surface area contributed by atoms with Crippen molar-refractivity contribution in [2.24, 2.45) is 0 Å². The van der Waals surface area contributed by atoms with Gasteiger partial charge in [-0.15, -0.1) is 0 Å². The molecule has 108 valence electrons. The third kappa shape index (κ3) is 15.4. The van der Waals surface area contributed by atoms with Gasteiger partial charge < -0.3 is 10.2 Å². The molecule has 0 unspecified atom stereocenters. The topological polar surface area (TPSA) is 57.5 Å². The van der Waals surface area contributed by atoms with Crippen LogP contribution >= 0.6 is 0 Å². The van der Waals surface area contributed by atoms with Crippen LogP contribution in [-0.2, 0) is 4.79 Å². The fourth-order valence-electron chi connectivity index (χ4n) is 2.13. The Morgan fingerprint density at radius 3 is 1.61 bits per heavy atom. The average Bonchev–Trinajstić information content (AvgIpc) is 2.29. The van der Waals surface area contributed by atoms with Gasteiger partial charge in [-0.2, -0.15) is 0 Å². The van der Waals surface area contributed by atoms with Gasteiger partial charge in [0.05, 0.1) is 6.10 Å². The molecule has 0 spiro atoms. The van der Waals surface area contributed by atoms with Crippen LogP contribution < -0.4 is 0 Å². The van der Waals surface area contributed by atoms with Crippen LogP contribution in [0.5, 0.6) is 0 Å². The van der Waals surface area contributed by atoms with Crippen LogP contribution in [-0.4, -0.2) is 22.3 Å². The Bertz CT molecular complexity index is 190. The molecule has 3 nitrogen and oxygen atoms in total. The minimum Gasteiger partial charge on any atom is -0.481 e. The summed E-state index contributed by atoms with van der Waals surface area (Å²) in [6.45, 7) is 1.85. The summed E-state index contributed by atoms with van der Waals surface area (Å²) in [5, 5.41) is 17.6. The Hall–Kier alpha value is -0.570. The van der Waals surface area contributed by atoms with E-state index in [1.807, 2.05) is 6.92 Å². The van der Waals surface area contributed by atoms with Crippen LogP contribution in [0, 0.1) is 0 Å². The highest BCUT2D eigenvalue weighted by Crippen LogP contribution is 2.12. The first-order valence-electron chi connectivity index (χ1n) is 7.53. The van der Waals surface area contributed by atoms with E-state index >= 15 is 0 Å². The van der Waals surface area contributed by atoms with Crippen molar-refractivity contribution in [1.82, 2.24) is 0 Å². The maximum atomic E-state index is 10.3. The lowest BCUT2D eigenvalue weighted by Crippen LogP contribution is -1.98.